The van der Waals surface area contributed by atoms with Crippen molar-refractivity contribution < 1.29 is 14.3 Å². The Kier molecular flexibility index (Phi) is 4.25. The molecule has 2 heterocycles. The predicted octanol–water partition coefficient (Wildman–Crippen LogP) is 3.47. The first-order valence-corrected chi connectivity index (χ1v) is 9.03. The fourth-order valence-corrected chi connectivity index (χ4v) is 4.01. The van der Waals surface area contributed by atoms with Crippen molar-refractivity contribution in [2.75, 3.05) is 26.5 Å². The number of fused-ring (bicyclic) bond motifs is 3. The van der Waals surface area contributed by atoms with E-state index in [1.54, 1.807) is 33.3 Å². The van der Waals surface area contributed by atoms with Crippen molar-refractivity contribution in [2.24, 2.45) is 10.2 Å². The highest BCUT2D eigenvalue weighted by atomic mass is 32.1. The SMILES string of the molecule is COc1ccc(C2=C3C(=O)c4c(NC(=O)NN(C)C)cccc4C3N=N2)s1. The molecule has 1 aliphatic carbocycles. The van der Waals surface area contributed by atoms with E-state index in [0.29, 0.717) is 22.5 Å². The minimum Gasteiger partial charge on any atom is -0.487 e. The average molecular weight is 383 g/mol. The first kappa shape index (κ1) is 17.4. The predicted molar refractivity (Wildman–Crippen MR) is 102 cm³/mol. The standard InChI is InChI=1S/C18H17N5O3S/c1-23(2)22-18(25)19-10-6-4-5-9-13(10)17(24)14-15(9)20-21-16(14)11-7-8-12(26-3)27-11/h4-8,15H,1-3H3,(H2,19,22,25). The number of nitrogens with one attached hydrogen (secondary N) is 2. The number of urea groups is 1. The number of methoxy groups -OCH3 is 1. The summed E-state index contributed by atoms with van der Waals surface area (Å²) in [5.74, 6) is -0.164. The Hall–Kier alpha value is -3.04. The number of Topliss-reactive ketones (excluding diaryl/α,β-unsaturated/α-hetero) is 1. The number of benzene rings is 1. The molecule has 4 rings (SSSR count). The monoisotopic (exact) mass is 383 g/mol. The summed E-state index contributed by atoms with van der Waals surface area (Å²) < 4.78 is 5.23. The fraction of sp³-hybridized carbons (Fsp3) is 0.222. The molecule has 1 aromatic carbocycles. The van der Waals surface area contributed by atoms with Crippen LogP contribution in [0.1, 0.15) is 26.8 Å². The van der Waals surface area contributed by atoms with Gasteiger partial charge in [-0.1, -0.05) is 23.5 Å². The van der Waals surface area contributed by atoms with Crippen LogP contribution in [0, 0.1) is 0 Å². The molecule has 27 heavy (non-hydrogen) atoms. The van der Waals surface area contributed by atoms with E-state index < -0.39 is 12.1 Å². The summed E-state index contributed by atoms with van der Waals surface area (Å²) in [5, 5.41) is 13.6. The van der Waals surface area contributed by atoms with E-state index in [1.807, 2.05) is 18.2 Å². The quantitative estimate of drug-likeness (QED) is 0.790. The van der Waals surface area contributed by atoms with Crippen LogP contribution in [-0.4, -0.2) is 38.0 Å². The Morgan fingerprint density at radius 2 is 2.07 bits per heavy atom. The van der Waals surface area contributed by atoms with Crippen molar-refractivity contribution in [3.63, 3.8) is 0 Å². The number of ether oxygens (including phenoxy) is 1. The summed E-state index contributed by atoms with van der Waals surface area (Å²) in [6.45, 7) is 0. The number of hydrazine groups is 1. The number of ketones is 1. The van der Waals surface area contributed by atoms with Crippen LogP contribution in [-0.2, 0) is 0 Å². The number of thiophene rings is 1. The van der Waals surface area contributed by atoms with Gasteiger partial charge in [-0.05, 0) is 23.8 Å². The lowest BCUT2D eigenvalue weighted by molar-refractivity contribution is 0.103. The summed E-state index contributed by atoms with van der Waals surface area (Å²) in [6, 6.07) is 8.19. The van der Waals surface area contributed by atoms with Gasteiger partial charge in [0.15, 0.2) is 10.8 Å². The molecule has 8 nitrogen and oxygen atoms in total. The van der Waals surface area contributed by atoms with E-state index in [1.165, 1.54) is 16.3 Å². The highest BCUT2D eigenvalue weighted by Gasteiger charge is 2.42. The number of carbonyl (C=O) groups excluding carboxylic acids is 2. The molecule has 0 saturated heterocycles. The number of carbonyl (C=O) groups is 2. The molecule has 138 valence electrons. The topological polar surface area (TPSA) is 95.4 Å². The first-order chi connectivity index (χ1) is 13.0. The van der Waals surface area contributed by atoms with E-state index in [4.69, 9.17) is 4.74 Å². The summed E-state index contributed by atoms with van der Waals surface area (Å²) in [5.41, 5.74) is 5.37. The lowest BCUT2D eigenvalue weighted by Crippen LogP contribution is -2.39. The van der Waals surface area contributed by atoms with Gasteiger partial charge in [-0.2, -0.15) is 10.2 Å². The van der Waals surface area contributed by atoms with Crippen LogP contribution in [0.4, 0.5) is 10.5 Å². The van der Waals surface area contributed by atoms with Crippen LogP contribution in [0.3, 0.4) is 0 Å². The molecule has 0 saturated carbocycles. The zero-order valence-corrected chi connectivity index (χ0v) is 15.8. The molecule has 2 N–H and O–H groups in total. The van der Waals surface area contributed by atoms with E-state index in [2.05, 4.69) is 21.0 Å². The van der Waals surface area contributed by atoms with Gasteiger partial charge in [0.2, 0.25) is 0 Å². The summed E-state index contributed by atoms with van der Waals surface area (Å²) in [4.78, 5) is 26.1. The van der Waals surface area contributed by atoms with E-state index in [9.17, 15) is 9.59 Å². The van der Waals surface area contributed by atoms with E-state index >= 15 is 0 Å². The number of rotatable bonds is 4. The second-order valence-electron chi connectivity index (χ2n) is 6.26. The van der Waals surface area contributed by atoms with Gasteiger partial charge in [0.1, 0.15) is 11.7 Å². The van der Waals surface area contributed by atoms with Gasteiger partial charge in [0.25, 0.3) is 0 Å². The lowest BCUT2D eigenvalue weighted by atomic mass is 10.1. The highest BCUT2D eigenvalue weighted by molar-refractivity contribution is 7.14. The van der Waals surface area contributed by atoms with Crippen LogP contribution in [0.5, 0.6) is 5.06 Å². The number of amides is 2. The van der Waals surface area contributed by atoms with E-state index in [-0.39, 0.29) is 5.78 Å². The Balaban J connectivity index is 1.73. The lowest BCUT2D eigenvalue weighted by Gasteiger charge is -2.14. The van der Waals surface area contributed by atoms with Gasteiger partial charge in [-0.3, -0.25) is 10.2 Å². The van der Waals surface area contributed by atoms with Crippen LogP contribution >= 0.6 is 11.3 Å². The molecule has 1 aliphatic heterocycles. The van der Waals surface area contributed by atoms with Crippen molar-refractivity contribution >= 4 is 34.5 Å². The number of nitrogens with zero attached hydrogens (tertiary/aromatic N) is 3. The van der Waals surface area contributed by atoms with E-state index in [0.717, 1.165) is 15.5 Å². The summed E-state index contributed by atoms with van der Waals surface area (Å²) >= 11 is 1.41. The Labute approximate surface area is 159 Å². The van der Waals surface area contributed by atoms with Crippen molar-refractivity contribution in [3.8, 4) is 5.06 Å². The first-order valence-electron chi connectivity index (χ1n) is 8.21. The maximum Gasteiger partial charge on any atom is 0.333 e. The third-order valence-electron chi connectivity index (χ3n) is 4.25. The number of hydrogen-bond acceptors (Lipinski definition) is 7. The van der Waals surface area contributed by atoms with Crippen LogP contribution in [0.25, 0.3) is 5.70 Å². The molecule has 0 radical (unpaired) electrons. The molecule has 1 unspecified atom stereocenters. The molecule has 0 fully saturated rings. The molecule has 2 amide bonds. The van der Waals surface area contributed by atoms with Gasteiger partial charge >= 0.3 is 6.03 Å². The number of anilines is 1. The third-order valence-corrected chi connectivity index (χ3v) is 5.31. The number of azo groups is 1. The maximum absolute atomic E-state index is 13.2. The van der Waals surface area contributed by atoms with Gasteiger partial charge in [-0.15, -0.1) is 0 Å². The highest BCUT2D eigenvalue weighted by Crippen LogP contribution is 2.50. The third kappa shape index (κ3) is 2.90. The maximum atomic E-state index is 13.2. The summed E-state index contributed by atoms with van der Waals surface area (Å²) in [6.07, 6.45) is 0. The van der Waals surface area contributed by atoms with Gasteiger partial charge in [-0.25, -0.2) is 9.80 Å². The molecule has 0 spiro atoms. The van der Waals surface area contributed by atoms with Crippen LogP contribution in [0.15, 0.2) is 46.1 Å². The van der Waals surface area contributed by atoms with Gasteiger partial charge in [0, 0.05) is 14.1 Å². The second kappa shape index (κ2) is 6.60. The molecule has 0 bridgehead atoms. The van der Waals surface area contributed by atoms with Crippen molar-refractivity contribution in [3.05, 3.63) is 51.9 Å². The minimum absolute atomic E-state index is 0.164. The largest absolute Gasteiger partial charge is 0.487 e. The van der Waals surface area contributed by atoms with Gasteiger partial charge in [0.05, 0.1) is 28.8 Å². The second-order valence-corrected chi connectivity index (χ2v) is 7.31. The zero-order valence-electron chi connectivity index (χ0n) is 14.9. The Bertz CT molecular complexity index is 1010. The van der Waals surface area contributed by atoms with Crippen molar-refractivity contribution in [2.45, 2.75) is 6.04 Å². The minimum atomic E-state index is -0.436. The zero-order chi connectivity index (χ0) is 19.1. The number of hydrogen-bond donors (Lipinski definition) is 2. The summed E-state index contributed by atoms with van der Waals surface area (Å²) in [7, 11) is 5.01. The Morgan fingerprint density at radius 3 is 2.78 bits per heavy atom. The van der Waals surface area contributed by atoms with Gasteiger partial charge < -0.3 is 10.1 Å². The molecule has 9 heteroatoms. The molecule has 2 aliphatic rings. The smallest absolute Gasteiger partial charge is 0.333 e. The normalized spacial score (nSPS) is 17.3. The average Bonchev–Trinajstić information content (AvgIpc) is 3.31. The van der Waals surface area contributed by atoms with Crippen LogP contribution < -0.4 is 15.5 Å². The van der Waals surface area contributed by atoms with Crippen molar-refractivity contribution in [1.82, 2.24) is 10.4 Å². The molecule has 1 aromatic heterocycles. The van der Waals surface area contributed by atoms with Crippen molar-refractivity contribution in [1.29, 1.82) is 0 Å². The fourth-order valence-electron chi connectivity index (χ4n) is 3.19. The molecular formula is C18H17N5O3S. The molecule has 1 atom stereocenters. The molecule has 2 aromatic rings. The Morgan fingerprint density at radius 1 is 1.26 bits per heavy atom. The molecular weight excluding hydrogens is 366 g/mol. The van der Waals surface area contributed by atoms with Crippen LogP contribution in [0.2, 0.25) is 0 Å².